The molecule has 2 rings (SSSR count). The zero-order chi connectivity index (χ0) is 11.4. The molecule has 2 aromatic rings. The number of carbonyl (C=O) groups excluding carboxylic acids is 1. The number of thiophene rings is 1. The molecule has 1 amide bonds. The van der Waals surface area contributed by atoms with E-state index >= 15 is 0 Å². The lowest BCUT2D eigenvalue weighted by Crippen LogP contribution is -2.17. The SMILES string of the molecule is O=C(NN=Cc1ccc(F)s1)c1ccn[nH]1. The molecule has 82 valence electrons. The highest BCUT2D eigenvalue weighted by Crippen LogP contribution is 2.11. The van der Waals surface area contributed by atoms with Crippen molar-refractivity contribution < 1.29 is 9.18 Å². The number of H-pyrrole nitrogens is 1. The largest absolute Gasteiger partial charge is 0.289 e. The van der Waals surface area contributed by atoms with Crippen LogP contribution in [-0.2, 0) is 0 Å². The quantitative estimate of drug-likeness (QED) is 0.626. The third kappa shape index (κ3) is 2.51. The van der Waals surface area contributed by atoms with Gasteiger partial charge in [0, 0.05) is 6.20 Å². The zero-order valence-electron chi connectivity index (χ0n) is 7.98. The number of amides is 1. The van der Waals surface area contributed by atoms with E-state index in [1.54, 1.807) is 6.07 Å². The van der Waals surface area contributed by atoms with Gasteiger partial charge in [-0.3, -0.25) is 9.89 Å². The summed E-state index contributed by atoms with van der Waals surface area (Å²) in [6.07, 6.45) is 2.84. The molecule has 0 bridgehead atoms. The molecule has 0 spiro atoms. The second kappa shape index (κ2) is 4.67. The summed E-state index contributed by atoms with van der Waals surface area (Å²) in [5, 5.41) is 9.52. The number of aromatic nitrogens is 2. The predicted octanol–water partition coefficient (Wildman–Crippen LogP) is 1.37. The molecule has 0 unspecified atom stereocenters. The summed E-state index contributed by atoms with van der Waals surface area (Å²) in [5.74, 6) is -0.397. The molecule has 2 heterocycles. The maximum atomic E-state index is 12.6. The molecule has 0 atom stereocenters. The van der Waals surface area contributed by atoms with E-state index in [2.05, 4.69) is 20.7 Å². The highest BCUT2D eigenvalue weighted by atomic mass is 32.1. The fourth-order valence-corrected chi connectivity index (χ4v) is 1.60. The third-order valence-electron chi connectivity index (χ3n) is 1.70. The monoisotopic (exact) mass is 238 g/mol. The van der Waals surface area contributed by atoms with E-state index in [1.165, 1.54) is 24.5 Å². The van der Waals surface area contributed by atoms with Crippen molar-refractivity contribution in [2.24, 2.45) is 5.10 Å². The lowest BCUT2D eigenvalue weighted by Gasteiger charge is -1.93. The Balaban J connectivity index is 1.93. The number of nitrogens with one attached hydrogen (secondary N) is 2. The van der Waals surface area contributed by atoms with Gasteiger partial charge in [-0.2, -0.15) is 14.6 Å². The summed E-state index contributed by atoms with van der Waals surface area (Å²) < 4.78 is 12.6. The maximum Gasteiger partial charge on any atom is 0.289 e. The van der Waals surface area contributed by atoms with Crippen LogP contribution in [0.3, 0.4) is 0 Å². The Kier molecular flexibility index (Phi) is 3.06. The minimum absolute atomic E-state index is 0.290. The van der Waals surface area contributed by atoms with E-state index in [4.69, 9.17) is 0 Å². The van der Waals surface area contributed by atoms with Gasteiger partial charge in [-0.1, -0.05) is 0 Å². The minimum atomic E-state index is -0.397. The average molecular weight is 238 g/mol. The third-order valence-corrected chi connectivity index (χ3v) is 2.51. The van der Waals surface area contributed by atoms with Gasteiger partial charge in [0.15, 0.2) is 5.13 Å². The molecule has 0 saturated carbocycles. The Morgan fingerprint density at radius 3 is 3.06 bits per heavy atom. The Bertz CT molecular complexity index is 505. The number of halogens is 1. The van der Waals surface area contributed by atoms with Crippen LogP contribution in [0.15, 0.2) is 29.5 Å². The summed E-state index contributed by atoms with van der Waals surface area (Å²) in [6.45, 7) is 0. The molecule has 5 nitrogen and oxygen atoms in total. The van der Waals surface area contributed by atoms with Gasteiger partial charge < -0.3 is 0 Å². The van der Waals surface area contributed by atoms with Crippen LogP contribution in [0.25, 0.3) is 0 Å². The van der Waals surface area contributed by atoms with Gasteiger partial charge in [0.1, 0.15) is 5.69 Å². The van der Waals surface area contributed by atoms with Crippen LogP contribution in [0.2, 0.25) is 0 Å². The van der Waals surface area contributed by atoms with E-state index in [1.807, 2.05) is 0 Å². The van der Waals surface area contributed by atoms with Crippen molar-refractivity contribution in [1.82, 2.24) is 15.6 Å². The van der Waals surface area contributed by atoms with Crippen molar-refractivity contribution in [3.8, 4) is 0 Å². The van der Waals surface area contributed by atoms with E-state index in [0.29, 0.717) is 10.6 Å². The topological polar surface area (TPSA) is 70.1 Å². The average Bonchev–Trinajstić information content (AvgIpc) is 2.89. The summed E-state index contributed by atoms with van der Waals surface area (Å²) in [5.41, 5.74) is 2.60. The summed E-state index contributed by atoms with van der Waals surface area (Å²) in [4.78, 5) is 12.0. The standard InChI is InChI=1S/C9H7FN4OS/c10-8-2-1-6(16-8)5-12-14-9(15)7-3-4-11-13-7/h1-5H,(H,11,13)(H,14,15). The molecule has 0 radical (unpaired) electrons. The number of rotatable bonds is 3. The van der Waals surface area contributed by atoms with E-state index in [9.17, 15) is 9.18 Å². The zero-order valence-corrected chi connectivity index (χ0v) is 8.79. The molecule has 2 N–H and O–H groups in total. The first-order valence-corrected chi connectivity index (χ1v) is 5.15. The molecular weight excluding hydrogens is 231 g/mol. The van der Waals surface area contributed by atoms with Gasteiger partial charge in [-0.15, -0.1) is 11.3 Å². The second-order valence-electron chi connectivity index (χ2n) is 2.81. The highest BCUT2D eigenvalue weighted by molar-refractivity contribution is 7.12. The lowest BCUT2D eigenvalue weighted by molar-refractivity contribution is 0.0950. The maximum absolute atomic E-state index is 12.6. The van der Waals surface area contributed by atoms with Gasteiger partial charge in [-0.25, -0.2) is 5.43 Å². The summed E-state index contributed by atoms with van der Waals surface area (Å²) in [6, 6.07) is 4.43. The number of carbonyl (C=O) groups is 1. The van der Waals surface area contributed by atoms with Crippen LogP contribution in [0.4, 0.5) is 4.39 Å². The van der Waals surface area contributed by atoms with Crippen LogP contribution in [-0.4, -0.2) is 22.3 Å². The molecule has 0 saturated heterocycles. The van der Waals surface area contributed by atoms with E-state index < -0.39 is 5.91 Å². The highest BCUT2D eigenvalue weighted by Gasteiger charge is 2.03. The molecule has 0 aliphatic rings. The second-order valence-corrected chi connectivity index (χ2v) is 3.88. The molecule has 7 heteroatoms. The number of hydrazone groups is 1. The van der Waals surface area contributed by atoms with Crippen molar-refractivity contribution >= 4 is 23.5 Å². The first-order chi connectivity index (χ1) is 7.75. The van der Waals surface area contributed by atoms with Crippen LogP contribution in [0, 0.1) is 5.13 Å². The van der Waals surface area contributed by atoms with Gasteiger partial charge in [0.2, 0.25) is 0 Å². The van der Waals surface area contributed by atoms with Crippen LogP contribution in [0.1, 0.15) is 15.4 Å². The molecule has 0 fully saturated rings. The molecule has 0 aliphatic carbocycles. The number of hydrogen-bond acceptors (Lipinski definition) is 4. The summed E-state index contributed by atoms with van der Waals surface area (Å²) >= 11 is 0.949. The Hall–Kier alpha value is -2.02. The minimum Gasteiger partial charge on any atom is -0.273 e. The fourth-order valence-electron chi connectivity index (χ4n) is 0.995. The normalized spacial score (nSPS) is 10.8. The van der Waals surface area contributed by atoms with Gasteiger partial charge in [0.05, 0.1) is 11.1 Å². The molecular formula is C9H7FN4OS. The van der Waals surface area contributed by atoms with Crippen LogP contribution in [0.5, 0.6) is 0 Å². The van der Waals surface area contributed by atoms with Gasteiger partial charge >= 0.3 is 0 Å². The number of nitrogens with zero attached hydrogens (tertiary/aromatic N) is 2. The fraction of sp³-hybridized carbons (Fsp3) is 0. The van der Waals surface area contributed by atoms with Crippen molar-refractivity contribution in [2.75, 3.05) is 0 Å². The van der Waals surface area contributed by atoms with Crippen LogP contribution >= 0.6 is 11.3 Å². The van der Waals surface area contributed by atoms with E-state index in [-0.39, 0.29) is 5.13 Å². The van der Waals surface area contributed by atoms with Crippen LogP contribution < -0.4 is 5.43 Å². The Labute approximate surface area is 94.0 Å². The lowest BCUT2D eigenvalue weighted by atomic mass is 10.4. The molecule has 0 aromatic carbocycles. The van der Waals surface area contributed by atoms with Crippen molar-refractivity contribution in [2.45, 2.75) is 0 Å². The molecule has 16 heavy (non-hydrogen) atoms. The van der Waals surface area contributed by atoms with Crippen molar-refractivity contribution in [3.05, 3.63) is 40.1 Å². The van der Waals surface area contributed by atoms with E-state index in [0.717, 1.165) is 11.3 Å². The number of aromatic amines is 1. The molecule has 2 aromatic heterocycles. The van der Waals surface area contributed by atoms with Crippen molar-refractivity contribution in [1.29, 1.82) is 0 Å². The number of hydrogen-bond donors (Lipinski definition) is 2. The Morgan fingerprint density at radius 1 is 1.56 bits per heavy atom. The van der Waals surface area contributed by atoms with Gasteiger partial charge in [0.25, 0.3) is 5.91 Å². The smallest absolute Gasteiger partial charge is 0.273 e. The van der Waals surface area contributed by atoms with Crippen molar-refractivity contribution in [3.63, 3.8) is 0 Å². The first kappa shape index (κ1) is 10.5. The predicted molar refractivity (Wildman–Crippen MR) is 57.9 cm³/mol. The Morgan fingerprint density at radius 2 is 2.44 bits per heavy atom. The van der Waals surface area contributed by atoms with Gasteiger partial charge in [-0.05, 0) is 18.2 Å². The first-order valence-electron chi connectivity index (χ1n) is 4.34. The summed E-state index contributed by atoms with van der Waals surface area (Å²) in [7, 11) is 0. The molecule has 0 aliphatic heterocycles.